The number of carbonyl (C=O) groups is 2. The Morgan fingerprint density at radius 2 is 1.83 bits per heavy atom. The molecule has 1 saturated heterocycles. The SMILES string of the molecule is COCCOC(=O)CC1CCc2cc(NC(=O)c3ccc(/C=N/N4CCN(C)CC4)cc3)ccc2C1. The summed E-state index contributed by atoms with van der Waals surface area (Å²) in [6.07, 6.45) is 4.94. The van der Waals surface area contributed by atoms with Crippen LogP contribution in [0, 0.1) is 5.92 Å². The molecule has 8 nitrogen and oxygen atoms in total. The summed E-state index contributed by atoms with van der Waals surface area (Å²) in [6.45, 7) is 4.61. The van der Waals surface area contributed by atoms with Crippen LogP contribution in [0.5, 0.6) is 0 Å². The number of esters is 1. The number of ether oxygens (including phenoxy) is 2. The molecule has 2 aromatic carbocycles. The lowest BCUT2D eigenvalue weighted by Gasteiger charge is -2.30. The van der Waals surface area contributed by atoms with E-state index in [0.717, 1.165) is 56.7 Å². The molecule has 8 heteroatoms. The first-order valence-electron chi connectivity index (χ1n) is 12.7. The second-order valence-corrected chi connectivity index (χ2v) is 9.59. The van der Waals surface area contributed by atoms with Crippen LogP contribution in [-0.2, 0) is 27.1 Å². The molecule has 1 aliphatic heterocycles. The predicted octanol–water partition coefficient (Wildman–Crippen LogP) is 3.20. The molecule has 1 heterocycles. The van der Waals surface area contributed by atoms with Crippen molar-refractivity contribution in [1.82, 2.24) is 9.91 Å². The van der Waals surface area contributed by atoms with Gasteiger partial charge in [-0.05, 0) is 73.2 Å². The first-order valence-corrected chi connectivity index (χ1v) is 12.7. The smallest absolute Gasteiger partial charge is 0.306 e. The van der Waals surface area contributed by atoms with Crippen molar-refractivity contribution in [2.75, 3.05) is 58.9 Å². The minimum absolute atomic E-state index is 0.134. The van der Waals surface area contributed by atoms with Crippen LogP contribution in [0.2, 0.25) is 0 Å². The number of hydrazone groups is 1. The summed E-state index contributed by atoms with van der Waals surface area (Å²) < 4.78 is 10.1. The van der Waals surface area contributed by atoms with Crippen molar-refractivity contribution < 1.29 is 19.1 Å². The van der Waals surface area contributed by atoms with Crippen LogP contribution in [0.3, 0.4) is 0 Å². The van der Waals surface area contributed by atoms with Crippen molar-refractivity contribution in [3.63, 3.8) is 0 Å². The first-order chi connectivity index (χ1) is 17.5. The van der Waals surface area contributed by atoms with E-state index in [9.17, 15) is 9.59 Å². The van der Waals surface area contributed by atoms with Crippen molar-refractivity contribution in [2.24, 2.45) is 11.0 Å². The van der Waals surface area contributed by atoms with E-state index in [2.05, 4.69) is 39.5 Å². The Morgan fingerprint density at radius 3 is 2.58 bits per heavy atom. The monoisotopic (exact) mass is 492 g/mol. The molecule has 1 fully saturated rings. The van der Waals surface area contributed by atoms with Gasteiger partial charge in [-0.1, -0.05) is 18.2 Å². The number of benzene rings is 2. The summed E-state index contributed by atoms with van der Waals surface area (Å²) in [5, 5.41) is 9.65. The number of amides is 1. The van der Waals surface area contributed by atoms with Crippen molar-refractivity contribution in [2.45, 2.75) is 25.7 Å². The Balaban J connectivity index is 1.28. The number of methoxy groups -OCH3 is 1. The number of rotatable bonds is 9. The third kappa shape index (κ3) is 7.38. The summed E-state index contributed by atoms with van der Waals surface area (Å²) >= 11 is 0. The lowest BCUT2D eigenvalue weighted by Crippen LogP contribution is -2.41. The van der Waals surface area contributed by atoms with Gasteiger partial charge in [-0.3, -0.25) is 14.6 Å². The molecule has 36 heavy (non-hydrogen) atoms. The average molecular weight is 493 g/mol. The third-order valence-corrected chi connectivity index (χ3v) is 6.82. The number of likely N-dealkylation sites (N-methyl/N-ethyl adjacent to an activating group) is 1. The number of hydrogen-bond acceptors (Lipinski definition) is 7. The van der Waals surface area contributed by atoms with Gasteiger partial charge in [0.05, 0.1) is 12.8 Å². The number of nitrogens with one attached hydrogen (secondary N) is 1. The quantitative estimate of drug-likeness (QED) is 0.329. The Labute approximate surface area is 213 Å². The van der Waals surface area contributed by atoms with Gasteiger partial charge in [0.15, 0.2) is 0 Å². The molecule has 2 aromatic rings. The molecular weight excluding hydrogens is 456 g/mol. The van der Waals surface area contributed by atoms with E-state index in [0.29, 0.717) is 25.2 Å². The molecule has 2 aliphatic rings. The molecule has 0 bridgehead atoms. The Kier molecular flexibility index (Phi) is 9.08. The molecular formula is C28H36N4O4. The van der Waals surface area contributed by atoms with E-state index in [1.165, 1.54) is 11.1 Å². The maximum atomic E-state index is 12.8. The maximum Gasteiger partial charge on any atom is 0.306 e. The number of fused-ring (bicyclic) bond motifs is 1. The number of nitrogens with zero attached hydrogens (tertiary/aromatic N) is 3. The van der Waals surface area contributed by atoms with Crippen LogP contribution in [0.4, 0.5) is 5.69 Å². The first kappa shape index (κ1) is 25.9. The molecule has 0 aromatic heterocycles. The Hall–Kier alpha value is -3.23. The van der Waals surface area contributed by atoms with Crippen LogP contribution in [0.1, 0.15) is 39.9 Å². The van der Waals surface area contributed by atoms with Gasteiger partial charge >= 0.3 is 5.97 Å². The summed E-state index contributed by atoms with van der Waals surface area (Å²) in [5.74, 6) is -0.0164. The molecule has 1 atom stereocenters. The molecule has 1 aliphatic carbocycles. The Bertz CT molecular complexity index is 1060. The molecule has 0 saturated carbocycles. The highest BCUT2D eigenvalue weighted by Gasteiger charge is 2.22. The van der Waals surface area contributed by atoms with Gasteiger partial charge < -0.3 is 19.7 Å². The fourth-order valence-electron chi connectivity index (χ4n) is 4.60. The van der Waals surface area contributed by atoms with Crippen LogP contribution < -0.4 is 5.32 Å². The minimum Gasteiger partial charge on any atom is -0.463 e. The molecule has 4 rings (SSSR count). The highest BCUT2D eigenvalue weighted by Crippen LogP contribution is 2.30. The second-order valence-electron chi connectivity index (χ2n) is 9.59. The van der Waals surface area contributed by atoms with E-state index in [-0.39, 0.29) is 17.8 Å². The van der Waals surface area contributed by atoms with Crippen LogP contribution in [0.15, 0.2) is 47.6 Å². The number of piperazine rings is 1. The molecule has 1 unspecified atom stereocenters. The highest BCUT2D eigenvalue weighted by atomic mass is 16.6. The summed E-state index contributed by atoms with van der Waals surface area (Å²) in [7, 11) is 3.71. The van der Waals surface area contributed by atoms with E-state index in [4.69, 9.17) is 9.47 Å². The zero-order valence-electron chi connectivity index (χ0n) is 21.2. The van der Waals surface area contributed by atoms with Crippen molar-refractivity contribution in [1.29, 1.82) is 0 Å². The van der Waals surface area contributed by atoms with E-state index >= 15 is 0 Å². The zero-order chi connectivity index (χ0) is 25.3. The molecule has 1 amide bonds. The third-order valence-electron chi connectivity index (χ3n) is 6.82. The lowest BCUT2D eigenvalue weighted by atomic mass is 9.82. The average Bonchev–Trinajstić information content (AvgIpc) is 2.89. The minimum atomic E-state index is -0.166. The molecule has 0 radical (unpaired) electrons. The van der Waals surface area contributed by atoms with E-state index in [1.807, 2.05) is 36.5 Å². The van der Waals surface area contributed by atoms with Crippen LogP contribution >= 0.6 is 0 Å². The van der Waals surface area contributed by atoms with Gasteiger partial charge in [-0.2, -0.15) is 5.10 Å². The van der Waals surface area contributed by atoms with Crippen LogP contribution in [0.25, 0.3) is 0 Å². The van der Waals surface area contributed by atoms with Gasteiger partial charge in [0.1, 0.15) is 6.61 Å². The summed E-state index contributed by atoms with van der Waals surface area (Å²) in [6, 6.07) is 13.5. The second kappa shape index (κ2) is 12.6. The fourth-order valence-corrected chi connectivity index (χ4v) is 4.60. The number of anilines is 1. The molecule has 192 valence electrons. The van der Waals surface area contributed by atoms with Gasteiger partial charge in [0.25, 0.3) is 5.91 Å². The van der Waals surface area contributed by atoms with Crippen LogP contribution in [-0.4, -0.2) is 81.6 Å². The largest absolute Gasteiger partial charge is 0.463 e. The predicted molar refractivity (Wildman–Crippen MR) is 140 cm³/mol. The van der Waals surface area contributed by atoms with Gasteiger partial charge in [0.2, 0.25) is 0 Å². The molecule has 0 spiro atoms. The van der Waals surface area contributed by atoms with Crippen molar-refractivity contribution >= 4 is 23.8 Å². The summed E-state index contributed by atoms with van der Waals surface area (Å²) in [4.78, 5) is 27.1. The lowest BCUT2D eigenvalue weighted by molar-refractivity contribution is -0.146. The normalized spacial score (nSPS) is 18.2. The van der Waals surface area contributed by atoms with Gasteiger partial charge in [-0.15, -0.1) is 0 Å². The number of aryl methyl sites for hydroxylation is 1. The summed E-state index contributed by atoms with van der Waals surface area (Å²) in [5.41, 5.74) is 4.83. The number of carbonyl (C=O) groups excluding carboxylic acids is 2. The Morgan fingerprint density at radius 1 is 1.06 bits per heavy atom. The van der Waals surface area contributed by atoms with Crippen molar-refractivity contribution in [3.8, 4) is 0 Å². The van der Waals surface area contributed by atoms with E-state index < -0.39 is 0 Å². The number of hydrogen-bond donors (Lipinski definition) is 1. The fraction of sp³-hybridized carbons (Fsp3) is 0.464. The van der Waals surface area contributed by atoms with Gasteiger partial charge in [-0.25, -0.2) is 0 Å². The highest BCUT2D eigenvalue weighted by molar-refractivity contribution is 6.04. The maximum absolute atomic E-state index is 12.8. The zero-order valence-corrected chi connectivity index (χ0v) is 21.2. The standard InChI is InChI=1S/C28H36N4O4/c1-31-11-13-32(14-12-31)29-20-21-3-6-23(7-4-21)28(34)30-26-10-9-24-17-22(5-8-25(24)19-26)18-27(33)36-16-15-35-2/h3-4,6-7,9-10,19-20,22H,5,8,11-18H2,1-2H3,(H,30,34)/b29-20+. The van der Waals surface area contributed by atoms with Gasteiger partial charge in [0, 0.05) is 51.0 Å². The molecule has 1 N–H and O–H groups in total. The van der Waals surface area contributed by atoms with E-state index in [1.54, 1.807) is 7.11 Å². The van der Waals surface area contributed by atoms with Crippen molar-refractivity contribution in [3.05, 3.63) is 64.7 Å². The topological polar surface area (TPSA) is 83.5 Å².